The molecule has 1 atom stereocenters. The summed E-state index contributed by atoms with van der Waals surface area (Å²) in [4.78, 5) is 28.3. The Kier molecular flexibility index (Phi) is 6.33. The molecule has 1 heterocycles. The van der Waals surface area contributed by atoms with E-state index < -0.39 is 11.5 Å². The number of benzene rings is 3. The number of anilines is 1. The fourth-order valence-corrected chi connectivity index (χ4v) is 4.77. The number of ether oxygens (including phenoxy) is 3. The summed E-state index contributed by atoms with van der Waals surface area (Å²) in [6, 6.07) is 19.6. The third kappa shape index (κ3) is 4.23. The highest BCUT2D eigenvalue weighted by Crippen LogP contribution is 2.45. The second-order valence-corrected chi connectivity index (χ2v) is 9.07. The van der Waals surface area contributed by atoms with Crippen LogP contribution < -0.4 is 19.1 Å². The molecule has 0 fully saturated rings. The lowest BCUT2D eigenvalue weighted by Gasteiger charge is -2.46. The maximum atomic E-state index is 13.7. The van der Waals surface area contributed by atoms with Gasteiger partial charge in [-0.1, -0.05) is 31.2 Å². The Bertz CT molecular complexity index is 1230. The molecule has 3 aromatic rings. The first-order valence-corrected chi connectivity index (χ1v) is 11.2. The molecule has 0 radical (unpaired) electrons. The van der Waals surface area contributed by atoms with Gasteiger partial charge in [-0.2, -0.15) is 0 Å². The van der Waals surface area contributed by atoms with Gasteiger partial charge in [0.25, 0.3) is 5.91 Å². The number of esters is 1. The minimum absolute atomic E-state index is 0.130. The number of nitrogens with zero attached hydrogens (tertiary/aromatic N) is 1. The molecule has 176 valence electrons. The zero-order valence-corrected chi connectivity index (χ0v) is 20.1. The highest BCUT2D eigenvalue weighted by Gasteiger charge is 2.41. The van der Waals surface area contributed by atoms with Crippen LogP contribution in [0.25, 0.3) is 0 Å². The van der Waals surface area contributed by atoms with Crippen LogP contribution in [-0.2, 0) is 0 Å². The lowest BCUT2D eigenvalue weighted by atomic mass is 9.79. The Hall–Kier alpha value is -3.80. The number of fused-ring (bicyclic) bond motifs is 1. The van der Waals surface area contributed by atoms with Gasteiger partial charge < -0.3 is 19.1 Å². The fourth-order valence-electron chi connectivity index (χ4n) is 4.77. The number of carbonyl (C=O) groups excluding carboxylic acids is 2. The Balaban J connectivity index is 1.70. The molecular formula is C28H29NO5. The third-order valence-electron chi connectivity index (χ3n) is 6.26. The van der Waals surface area contributed by atoms with Crippen molar-refractivity contribution in [2.24, 2.45) is 0 Å². The molecule has 1 aliphatic rings. The SMILES string of the molecule is COc1ccccc1C(=O)Oc1ccc2c(c1)[C@@H](C)CC(C)(C)N2C(=O)c1ccccc1OC. The molecule has 0 aromatic heterocycles. The van der Waals surface area contributed by atoms with E-state index in [1.54, 1.807) is 49.6 Å². The van der Waals surface area contributed by atoms with E-state index in [0.717, 1.165) is 17.7 Å². The van der Waals surface area contributed by atoms with Crippen LogP contribution in [0.15, 0.2) is 66.7 Å². The summed E-state index contributed by atoms with van der Waals surface area (Å²) in [5.41, 5.74) is 2.19. The highest BCUT2D eigenvalue weighted by molar-refractivity contribution is 6.09. The molecule has 6 heteroatoms. The van der Waals surface area contributed by atoms with E-state index in [2.05, 4.69) is 20.8 Å². The van der Waals surface area contributed by atoms with Crippen LogP contribution in [0.1, 0.15) is 59.4 Å². The molecule has 0 spiro atoms. The summed E-state index contributed by atoms with van der Waals surface area (Å²) < 4.78 is 16.4. The van der Waals surface area contributed by atoms with Gasteiger partial charge in [0.05, 0.1) is 19.8 Å². The Morgan fingerprint density at radius 3 is 2.12 bits per heavy atom. The maximum Gasteiger partial charge on any atom is 0.347 e. The van der Waals surface area contributed by atoms with Gasteiger partial charge >= 0.3 is 5.97 Å². The van der Waals surface area contributed by atoms with Crippen molar-refractivity contribution in [1.29, 1.82) is 0 Å². The van der Waals surface area contributed by atoms with Crippen molar-refractivity contribution in [2.75, 3.05) is 19.1 Å². The number of hydrogen-bond acceptors (Lipinski definition) is 5. The van der Waals surface area contributed by atoms with E-state index in [-0.39, 0.29) is 11.8 Å². The molecule has 0 unspecified atom stereocenters. The molecule has 34 heavy (non-hydrogen) atoms. The van der Waals surface area contributed by atoms with Crippen LogP contribution in [0.3, 0.4) is 0 Å². The van der Waals surface area contributed by atoms with Crippen molar-refractivity contribution >= 4 is 17.6 Å². The highest BCUT2D eigenvalue weighted by atomic mass is 16.5. The van der Waals surface area contributed by atoms with Crippen LogP contribution >= 0.6 is 0 Å². The largest absolute Gasteiger partial charge is 0.496 e. The average Bonchev–Trinajstić information content (AvgIpc) is 2.83. The molecule has 1 aliphatic heterocycles. The van der Waals surface area contributed by atoms with E-state index in [9.17, 15) is 9.59 Å². The first kappa shape index (κ1) is 23.4. The van der Waals surface area contributed by atoms with Crippen LogP contribution in [-0.4, -0.2) is 31.6 Å². The minimum Gasteiger partial charge on any atom is -0.496 e. The molecule has 1 amide bonds. The van der Waals surface area contributed by atoms with Crippen molar-refractivity contribution < 1.29 is 23.8 Å². The van der Waals surface area contributed by atoms with Crippen LogP contribution in [0.4, 0.5) is 5.69 Å². The summed E-state index contributed by atoms with van der Waals surface area (Å²) in [5, 5.41) is 0. The third-order valence-corrected chi connectivity index (χ3v) is 6.26. The maximum absolute atomic E-state index is 13.7. The Morgan fingerprint density at radius 2 is 1.47 bits per heavy atom. The Morgan fingerprint density at radius 1 is 0.882 bits per heavy atom. The molecule has 0 N–H and O–H groups in total. The molecule has 4 rings (SSSR count). The summed E-state index contributed by atoms with van der Waals surface area (Å²) in [6.45, 7) is 6.25. The number of carbonyl (C=O) groups is 2. The number of methoxy groups -OCH3 is 2. The van der Waals surface area contributed by atoms with Gasteiger partial charge in [0.2, 0.25) is 0 Å². The topological polar surface area (TPSA) is 65.1 Å². The number of rotatable bonds is 5. The fraction of sp³-hybridized carbons (Fsp3) is 0.286. The van der Waals surface area contributed by atoms with Crippen molar-refractivity contribution in [3.8, 4) is 17.2 Å². The van der Waals surface area contributed by atoms with Gasteiger partial charge in [-0.15, -0.1) is 0 Å². The average molecular weight is 460 g/mol. The van der Waals surface area contributed by atoms with Gasteiger partial charge in [0.1, 0.15) is 22.8 Å². The molecule has 3 aromatic carbocycles. The van der Waals surface area contributed by atoms with E-state index in [1.165, 1.54) is 7.11 Å². The molecule has 0 aliphatic carbocycles. The zero-order chi connectivity index (χ0) is 24.5. The number of amides is 1. The van der Waals surface area contributed by atoms with Crippen molar-refractivity contribution in [3.63, 3.8) is 0 Å². The predicted octanol–water partition coefficient (Wildman–Crippen LogP) is 5.86. The van der Waals surface area contributed by atoms with E-state index in [4.69, 9.17) is 14.2 Å². The minimum atomic E-state index is -0.497. The lowest BCUT2D eigenvalue weighted by Crippen LogP contribution is -2.51. The molecule has 6 nitrogen and oxygen atoms in total. The van der Waals surface area contributed by atoms with E-state index >= 15 is 0 Å². The van der Waals surface area contributed by atoms with E-state index in [1.807, 2.05) is 29.2 Å². The van der Waals surface area contributed by atoms with Gasteiger partial charge in [-0.3, -0.25) is 4.79 Å². The van der Waals surface area contributed by atoms with Crippen molar-refractivity contribution in [3.05, 3.63) is 83.4 Å². The second-order valence-electron chi connectivity index (χ2n) is 9.07. The summed E-state index contributed by atoms with van der Waals surface area (Å²) in [6.07, 6.45) is 0.755. The normalized spacial score (nSPS) is 16.4. The predicted molar refractivity (Wildman–Crippen MR) is 131 cm³/mol. The van der Waals surface area contributed by atoms with Gasteiger partial charge in [-0.05, 0) is 74.2 Å². The quantitative estimate of drug-likeness (QED) is 0.353. The zero-order valence-electron chi connectivity index (χ0n) is 20.1. The summed E-state index contributed by atoms with van der Waals surface area (Å²) >= 11 is 0. The monoisotopic (exact) mass is 459 g/mol. The van der Waals surface area contributed by atoms with Crippen molar-refractivity contribution in [1.82, 2.24) is 0 Å². The van der Waals surface area contributed by atoms with Gasteiger partial charge in [-0.25, -0.2) is 4.79 Å². The first-order chi connectivity index (χ1) is 16.3. The standard InChI is InChI=1S/C28H29NO5/c1-18-17-28(2,3)29(26(30)20-10-6-8-12-24(20)32-4)23-15-14-19(16-22(18)23)34-27(31)21-11-7-9-13-25(21)33-5/h6-16,18H,17H2,1-5H3/t18-/m0/s1. The smallest absolute Gasteiger partial charge is 0.347 e. The lowest BCUT2D eigenvalue weighted by molar-refractivity contribution is 0.0730. The summed E-state index contributed by atoms with van der Waals surface area (Å²) in [5.74, 6) is 0.944. The number of hydrogen-bond donors (Lipinski definition) is 0. The van der Waals surface area contributed by atoms with Crippen LogP contribution in [0.2, 0.25) is 0 Å². The molecular weight excluding hydrogens is 430 g/mol. The van der Waals surface area contributed by atoms with Crippen molar-refractivity contribution in [2.45, 2.75) is 38.6 Å². The summed E-state index contributed by atoms with van der Waals surface area (Å²) in [7, 11) is 3.08. The molecule has 0 bridgehead atoms. The van der Waals surface area contributed by atoms with Crippen LogP contribution in [0, 0.1) is 0 Å². The van der Waals surface area contributed by atoms with Crippen LogP contribution in [0.5, 0.6) is 17.2 Å². The van der Waals surface area contributed by atoms with Gasteiger partial charge in [0.15, 0.2) is 0 Å². The second kappa shape index (κ2) is 9.21. The first-order valence-electron chi connectivity index (χ1n) is 11.2. The molecule has 0 saturated carbocycles. The van der Waals surface area contributed by atoms with Gasteiger partial charge in [0, 0.05) is 11.2 Å². The Labute approximate surface area is 200 Å². The van der Waals surface area contributed by atoms with E-state index in [0.29, 0.717) is 28.4 Å². The molecule has 0 saturated heterocycles. The number of para-hydroxylation sites is 2.